The van der Waals surface area contributed by atoms with Crippen LogP contribution in [0.1, 0.15) is 213 Å². The zero-order valence-corrected chi connectivity index (χ0v) is 60.3. The van der Waals surface area contributed by atoms with Crippen LogP contribution < -0.4 is 64.2 Å². The largest absolute Gasteiger partial charge is 0.481 e. The van der Waals surface area contributed by atoms with Crippen molar-refractivity contribution in [3.8, 4) is 0 Å². The summed E-state index contributed by atoms with van der Waals surface area (Å²) in [5.41, 5.74) is 5.48. The fraction of sp³-hybridized carbons (Fsp3) is 0.776. The third-order valence-electron chi connectivity index (χ3n) is 16.3. The molecule has 1 aliphatic rings. The minimum Gasteiger partial charge on any atom is -0.481 e. The fourth-order valence-corrected chi connectivity index (χ4v) is 10.8. The van der Waals surface area contributed by atoms with E-state index < -0.39 is 218 Å². The van der Waals surface area contributed by atoms with E-state index in [1.807, 2.05) is 0 Å². The molecule has 0 bridgehead atoms. The third-order valence-corrected chi connectivity index (χ3v) is 16.3. The molecule has 564 valence electrons. The lowest BCUT2D eigenvalue weighted by atomic mass is 9.96. The topological polar surface area (TPSA) is 505 Å². The Bertz CT molecular complexity index is 2710. The molecule has 32 nitrogen and oxygen atoms in total. The molecule has 17 N–H and O–H groups in total. The Hall–Kier alpha value is -8.03. The van der Waals surface area contributed by atoms with Crippen LogP contribution in [0, 0.1) is 35.5 Å². The number of esters is 1. The number of nitrogens with one attached hydrogen (secondary N) is 11. The number of aliphatic hydroxyl groups is 2. The molecule has 0 aliphatic carbocycles. The molecule has 99 heavy (non-hydrogen) atoms. The van der Waals surface area contributed by atoms with Crippen molar-refractivity contribution < 1.29 is 97.1 Å². The van der Waals surface area contributed by atoms with Gasteiger partial charge in [-0.2, -0.15) is 0 Å². The SMILES string of the molecule is CCCCCCCC(O)CC(=O)NC(CC(C)C)C(=O)NC(CC(=O)O)C(=O)NC1C(=O)NC(CC(C)C)C(=O)NC(CC(C)C)C(=O)NC(CO)C(=O)NC(CC(C)C)C(=O)NC(CCC(N)=O)C(=O)NC(CC(C)C)C(=O)NC(C(C)CC)C(=O)NC(CCC(=O)O)C(=O)OC1C. The van der Waals surface area contributed by atoms with Crippen LogP contribution in [0.5, 0.6) is 0 Å². The van der Waals surface area contributed by atoms with Crippen molar-refractivity contribution in [3.63, 3.8) is 0 Å². The molecular formula is C67H116N12O20. The van der Waals surface area contributed by atoms with Crippen LogP contribution in [0.25, 0.3) is 0 Å². The van der Waals surface area contributed by atoms with Gasteiger partial charge in [0.2, 0.25) is 70.9 Å². The Morgan fingerprint density at radius 1 is 0.495 bits per heavy atom. The van der Waals surface area contributed by atoms with Gasteiger partial charge in [-0.25, -0.2) is 4.79 Å². The summed E-state index contributed by atoms with van der Waals surface area (Å²) in [7, 11) is 0. The minimum atomic E-state index is -2.18. The molecule has 1 heterocycles. The molecule has 0 saturated carbocycles. The molecule has 0 aromatic rings. The summed E-state index contributed by atoms with van der Waals surface area (Å²) < 4.78 is 5.79. The summed E-state index contributed by atoms with van der Waals surface area (Å²) in [6.07, 6.45) is -2.53. The second kappa shape index (κ2) is 45.6. The lowest BCUT2D eigenvalue weighted by Crippen LogP contribution is -2.63. The highest BCUT2D eigenvalue weighted by Gasteiger charge is 2.41. The normalized spacial score (nSPS) is 23.7. The maximum Gasteiger partial charge on any atom is 0.329 e. The number of hydrogen-bond acceptors (Lipinski definition) is 18. The van der Waals surface area contributed by atoms with Crippen molar-refractivity contribution in [2.45, 2.75) is 291 Å². The molecule has 14 unspecified atom stereocenters. The Labute approximate surface area is 581 Å². The van der Waals surface area contributed by atoms with Gasteiger partial charge in [0, 0.05) is 12.8 Å². The van der Waals surface area contributed by atoms with Crippen LogP contribution >= 0.6 is 0 Å². The average molecular weight is 1410 g/mol. The van der Waals surface area contributed by atoms with Crippen LogP contribution in [0.4, 0.5) is 0 Å². The Kier molecular flexibility index (Phi) is 41.0. The van der Waals surface area contributed by atoms with Crippen molar-refractivity contribution in [1.29, 1.82) is 0 Å². The fourth-order valence-electron chi connectivity index (χ4n) is 10.8. The van der Waals surface area contributed by atoms with Crippen LogP contribution in [-0.2, 0) is 76.7 Å². The quantitative estimate of drug-likeness (QED) is 0.0303. The molecule has 0 spiro atoms. The van der Waals surface area contributed by atoms with Crippen molar-refractivity contribution in [2.75, 3.05) is 6.61 Å². The molecular weight excluding hydrogens is 1290 g/mol. The van der Waals surface area contributed by atoms with Crippen LogP contribution in [-0.4, -0.2) is 194 Å². The van der Waals surface area contributed by atoms with Gasteiger partial charge in [-0.05, 0) is 93.8 Å². The number of carbonyl (C=O) groups is 15. The first-order valence-electron chi connectivity index (χ1n) is 34.8. The van der Waals surface area contributed by atoms with Crippen molar-refractivity contribution >= 4 is 88.8 Å². The highest BCUT2D eigenvalue weighted by atomic mass is 16.5. The maximum atomic E-state index is 15.0. The second-order valence-corrected chi connectivity index (χ2v) is 28.0. The summed E-state index contributed by atoms with van der Waals surface area (Å²) in [5, 5.41) is 68.7. The first-order chi connectivity index (χ1) is 46.2. The highest BCUT2D eigenvalue weighted by Crippen LogP contribution is 2.18. The van der Waals surface area contributed by atoms with E-state index in [2.05, 4.69) is 65.4 Å². The van der Waals surface area contributed by atoms with E-state index in [-0.39, 0.29) is 68.6 Å². The molecule has 0 aromatic heterocycles. The molecule has 1 fully saturated rings. The predicted octanol–water partition coefficient (Wildman–Crippen LogP) is 0.250. The zero-order valence-electron chi connectivity index (χ0n) is 60.3. The Balaban J connectivity index is 4.38. The molecule has 0 radical (unpaired) electrons. The molecule has 32 heteroatoms. The number of unbranched alkanes of at least 4 members (excludes halogenated alkanes) is 4. The number of aliphatic carboxylic acids is 2. The monoisotopic (exact) mass is 1410 g/mol. The van der Waals surface area contributed by atoms with E-state index in [9.17, 15) is 87.5 Å². The summed E-state index contributed by atoms with van der Waals surface area (Å²) in [5.74, 6) is -19.5. The molecule has 12 amide bonds. The first kappa shape index (κ1) is 89.0. The number of ether oxygens (including phenoxy) is 1. The smallest absolute Gasteiger partial charge is 0.329 e. The number of primary amides is 1. The van der Waals surface area contributed by atoms with Gasteiger partial charge in [0.1, 0.15) is 72.6 Å². The molecule has 0 aromatic carbocycles. The van der Waals surface area contributed by atoms with E-state index in [1.165, 1.54) is 0 Å². The third kappa shape index (κ3) is 35.0. The van der Waals surface area contributed by atoms with Crippen molar-refractivity contribution in [2.24, 2.45) is 41.2 Å². The van der Waals surface area contributed by atoms with E-state index in [1.54, 1.807) is 83.1 Å². The Morgan fingerprint density at radius 3 is 1.37 bits per heavy atom. The van der Waals surface area contributed by atoms with E-state index in [0.29, 0.717) is 12.8 Å². The Morgan fingerprint density at radius 2 is 0.929 bits per heavy atom. The number of aliphatic hydroxyl groups excluding tert-OH is 2. The van der Waals surface area contributed by atoms with Gasteiger partial charge in [0.05, 0.1) is 25.6 Å². The summed E-state index contributed by atoms with van der Waals surface area (Å²) in [6.45, 7) is 22.3. The number of hydrogen-bond donors (Lipinski definition) is 16. The molecule has 14 atom stereocenters. The number of carboxylic acid groups (broad SMARTS) is 2. The first-order valence-corrected chi connectivity index (χ1v) is 34.8. The minimum absolute atomic E-state index is 0.0402. The number of nitrogens with two attached hydrogens (primary N) is 1. The number of carboxylic acids is 2. The van der Waals surface area contributed by atoms with Gasteiger partial charge >= 0.3 is 17.9 Å². The van der Waals surface area contributed by atoms with E-state index in [4.69, 9.17) is 10.5 Å². The van der Waals surface area contributed by atoms with Crippen LogP contribution in [0.2, 0.25) is 0 Å². The van der Waals surface area contributed by atoms with Gasteiger partial charge in [0.15, 0.2) is 0 Å². The predicted molar refractivity (Wildman–Crippen MR) is 362 cm³/mol. The zero-order chi connectivity index (χ0) is 75.6. The van der Waals surface area contributed by atoms with Gasteiger partial charge in [-0.3, -0.25) is 67.1 Å². The molecule has 1 saturated heterocycles. The van der Waals surface area contributed by atoms with Gasteiger partial charge in [0.25, 0.3) is 0 Å². The van der Waals surface area contributed by atoms with Gasteiger partial charge in [-0.15, -0.1) is 0 Å². The summed E-state index contributed by atoms with van der Waals surface area (Å²) in [4.78, 5) is 209. The standard InChI is InChI=1S/C67H116N12O20/c1-15-17-18-19-20-21-41(81)31-52(83)69-44(26-34(3)4)58(89)75-49(32-54(86)87)63(94)79-56-40(14)99-67(98)43(23-25-53(84)85)71-65(96)55(39(13)16-2)78-62(93)48(30-38(11)12)72-57(88)42(22-24-51(68)82)70-59(90)45(27-35(5)6)74-64(95)50(33-80)77-61(92)46(28-36(7)8)73-60(91)47(29-37(9)10)76-66(56)97/h34-50,55-56,80-81H,15-33H2,1-14H3,(H2,68,82)(H,69,83)(H,70,90)(H,71,96)(H,72,88)(H,73,91)(H,74,95)(H,75,89)(H,76,97)(H,77,92)(H,78,93)(H,79,94)(H,84,85)(H,86,87). The van der Waals surface area contributed by atoms with Crippen molar-refractivity contribution in [1.82, 2.24) is 58.5 Å². The lowest BCUT2D eigenvalue weighted by Gasteiger charge is -2.31. The van der Waals surface area contributed by atoms with Crippen LogP contribution in [0.15, 0.2) is 0 Å². The van der Waals surface area contributed by atoms with Crippen molar-refractivity contribution in [3.05, 3.63) is 0 Å². The number of carbonyl (C=O) groups excluding carboxylic acids is 13. The number of amides is 12. The molecule has 1 rings (SSSR count). The summed E-state index contributed by atoms with van der Waals surface area (Å²) in [6, 6.07) is -18.6. The van der Waals surface area contributed by atoms with Gasteiger partial charge in [-0.1, -0.05) is 129 Å². The highest BCUT2D eigenvalue weighted by molar-refractivity contribution is 6.00. The maximum absolute atomic E-state index is 15.0. The van der Waals surface area contributed by atoms with Crippen LogP contribution in [0.3, 0.4) is 0 Å². The van der Waals surface area contributed by atoms with E-state index >= 15 is 4.79 Å². The second-order valence-electron chi connectivity index (χ2n) is 28.0. The molecule has 1 aliphatic heterocycles. The number of rotatable bonds is 34. The number of cyclic esters (lactones) is 1. The lowest BCUT2D eigenvalue weighted by molar-refractivity contribution is -0.156. The average Bonchev–Trinajstić information content (AvgIpc) is 0.864. The van der Waals surface area contributed by atoms with Gasteiger partial charge < -0.3 is 89.4 Å². The summed E-state index contributed by atoms with van der Waals surface area (Å²) >= 11 is 0. The van der Waals surface area contributed by atoms with E-state index in [0.717, 1.165) is 32.6 Å².